The first-order valence-electron chi connectivity index (χ1n) is 16.4. The molecule has 0 N–H and O–H groups in total. The van der Waals surface area contributed by atoms with E-state index in [1.165, 1.54) is 174 Å². The topological polar surface area (TPSA) is 8.81 Å². The highest BCUT2D eigenvalue weighted by Gasteiger charge is 2.16. The number of hydrogen-bond donors (Lipinski definition) is 0. The minimum Gasteiger partial charge on any atom is -0.234 e. The van der Waals surface area contributed by atoms with Crippen LogP contribution in [0.4, 0.5) is 0 Å². The average Bonchev–Trinajstić information content (AvgIpc) is 3.25. The minimum atomic E-state index is 1.21. The third-order valence-corrected chi connectivity index (χ3v) is 7.85. The highest BCUT2D eigenvalue weighted by molar-refractivity contribution is 4.84. The number of hydrogen-bond acceptors (Lipinski definition) is 0. The van der Waals surface area contributed by atoms with Crippen molar-refractivity contribution in [3.05, 3.63) is 18.2 Å². The average molecular weight is 490 g/mol. The molecule has 1 rings (SSSR count). The molecule has 0 aliphatic rings. The van der Waals surface area contributed by atoms with Gasteiger partial charge in [-0.3, -0.25) is 0 Å². The van der Waals surface area contributed by atoms with Crippen LogP contribution in [0, 0.1) is 0 Å². The molecule has 0 fully saturated rings. The lowest BCUT2D eigenvalue weighted by Gasteiger charge is -2.07. The highest BCUT2D eigenvalue weighted by Crippen LogP contribution is 2.14. The predicted octanol–water partition coefficient (Wildman–Crippen LogP) is 10.7. The smallest absolute Gasteiger partial charge is 0.234 e. The van der Waals surface area contributed by atoms with Crippen molar-refractivity contribution in [3.63, 3.8) is 0 Å². The zero-order valence-corrected chi connectivity index (χ0v) is 24.6. The van der Waals surface area contributed by atoms with Gasteiger partial charge in [-0.15, -0.1) is 0 Å². The molecule has 2 heteroatoms. The van der Waals surface area contributed by atoms with E-state index in [-0.39, 0.29) is 0 Å². The quantitative estimate of drug-likeness (QED) is 0.0858. The maximum atomic E-state index is 2.60. The second-order valence-corrected chi connectivity index (χ2v) is 11.3. The Balaban J connectivity index is 2.24. The van der Waals surface area contributed by atoms with Gasteiger partial charge in [0.2, 0.25) is 0 Å². The Labute approximate surface area is 221 Å². The Morgan fingerprint density at radius 2 is 0.886 bits per heavy atom. The Morgan fingerprint density at radius 3 is 1.37 bits per heavy atom. The summed E-state index contributed by atoms with van der Waals surface area (Å²) in [6, 6.07) is 0. The van der Waals surface area contributed by atoms with Gasteiger partial charge in [-0.2, -0.15) is 0 Å². The molecule has 0 atom stereocenters. The summed E-state index contributed by atoms with van der Waals surface area (Å²) in [5.74, 6) is 1.60. The Morgan fingerprint density at radius 1 is 0.486 bits per heavy atom. The first-order valence-corrected chi connectivity index (χ1v) is 16.4. The van der Waals surface area contributed by atoms with Crippen LogP contribution in [-0.4, -0.2) is 4.57 Å². The van der Waals surface area contributed by atoms with Crippen LogP contribution in [-0.2, 0) is 19.5 Å². The highest BCUT2D eigenvalue weighted by atomic mass is 15.1. The Bertz CT molecular complexity index is 547. The molecule has 1 aromatic heterocycles. The molecule has 0 radical (unpaired) electrons. The van der Waals surface area contributed by atoms with Crippen molar-refractivity contribution in [2.45, 2.75) is 194 Å². The standard InChI is InChI=1S/C33H65N2/c1-4-7-10-12-14-16-18-19-21-23-25-28-33-34(29-26-9-6-3)31-32-35(33)30-27-24-22-20-17-15-13-11-8-5-2/h31-32H,4-30H2,1-3H3/q+1. The van der Waals surface area contributed by atoms with Crippen molar-refractivity contribution < 1.29 is 4.57 Å². The molecule has 0 aliphatic heterocycles. The van der Waals surface area contributed by atoms with E-state index in [0.717, 1.165) is 0 Å². The number of aryl methyl sites for hydroxylation is 2. The summed E-state index contributed by atoms with van der Waals surface area (Å²) in [6.45, 7) is 9.37. The van der Waals surface area contributed by atoms with E-state index in [2.05, 4.69) is 42.3 Å². The van der Waals surface area contributed by atoms with Gasteiger partial charge in [-0.1, -0.05) is 143 Å². The SMILES string of the molecule is CCCCCCCCCCCCCc1n(CCCCC)cc[n+]1CCCCCCCCCCCC. The summed E-state index contributed by atoms with van der Waals surface area (Å²) < 4.78 is 5.19. The van der Waals surface area contributed by atoms with Crippen LogP contribution in [0.5, 0.6) is 0 Å². The number of aromatic nitrogens is 2. The van der Waals surface area contributed by atoms with Crippen molar-refractivity contribution in [1.82, 2.24) is 4.57 Å². The van der Waals surface area contributed by atoms with Crippen molar-refractivity contribution in [1.29, 1.82) is 0 Å². The molecule has 0 aromatic carbocycles. The molecule has 1 aromatic rings. The molecule has 0 aliphatic carbocycles. The molecule has 206 valence electrons. The van der Waals surface area contributed by atoms with Crippen LogP contribution >= 0.6 is 0 Å². The summed E-state index contributed by atoms with van der Waals surface area (Å²) in [5, 5.41) is 0. The molecule has 0 spiro atoms. The van der Waals surface area contributed by atoms with E-state index in [1.807, 2.05) is 0 Å². The summed E-state index contributed by atoms with van der Waals surface area (Å²) in [5.41, 5.74) is 0. The van der Waals surface area contributed by atoms with Gasteiger partial charge in [-0.25, -0.2) is 9.13 Å². The summed E-state index contributed by atoms with van der Waals surface area (Å²) >= 11 is 0. The molecule has 0 saturated carbocycles. The van der Waals surface area contributed by atoms with Gasteiger partial charge in [0.25, 0.3) is 5.82 Å². The molecule has 2 nitrogen and oxygen atoms in total. The first-order chi connectivity index (χ1) is 17.3. The number of imidazole rings is 1. The number of nitrogens with zero attached hydrogens (tertiary/aromatic N) is 2. The maximum absolute atomic E-state index is 2.60. The fraction of sp³-hybridized carbons (Fsp3) is 0.909. The molecular weight excluding hydrogens is 424 g/mol. The monoisotopic (exact) mass is 490 g/mol. The minimum absolute atomic E-state index is 1.21. The van der Waals surface area contributed by atoms with Crippen LogP contribution in [0.2, 0.25) is 0 Å². The van der Waals surface area contributed by atoms with Gasteiger partial charge in [0, 0.05) is 6.42 Å². The van der Waals surface area contributed by atoms with Crippen LogP contribution in [0.25, 0.3) is 0 Å². The van der Waals surface area contributed by atoms with Gasteiger partial charge in [-0.05, 0) is 32.1 Å². The van der Waals surface area contributed by atoms with Crippen molar-refractivity contribution in [2.75, 3.05) is 0 Å². The molecule has 0 bridgehead atoms. The molecule has 0 amide bonds. The lowest BCUT2D eigenvalue weighted by Crippen LogP contribution is -2.37. The Kier molecular flexibility index (Phi) is 22.9. The fourth-order valence-electron chi connectivity index (χ4n) is 5.44. The van der Waals surface area contributed by atoms with Crippen LogP contribution in [0.15, 0.2) is 12.4 Å². The molecule has 0 unspecified atom stereocenters. The van der Waals surface area contributed by atoms with E-state index in [1.54, 1.807) is 5.82 Å². The van der Waals surface area contributed by atoms with Crippen LogP contribution in [0.1, 0.15) is 181 Å². The zero-order chi connectivity index (χ0) is 25.2. The Hall–Kier alpha value is -0.790. The largest absolute Gasteiger partial charge is 0.256 e. The summed E-state index contributed by atoms with van der Waals surface area (Å²) in [7, 11) is 0. The second kappa shape index (κ2) is 24.9. The number of unbranched alkanes of at least 4 members (excludes halogenated alkanes) is 21. The van der Waals surface area contributed by atoms with Gasteiger partial charge >= 0.3 is 0 Å². The van der Waals surface area contributed by atoms with Crippen molar-refractivity contribution in [3.8, 4) is 0 Å². The van der Waals surface area contributed by atoms with Gasteiger partial charge < -0.3 is 0 Å². The predicted molar refractivity (Wildman–Crippen MR) is 156 cm³/mol. The van der Waals surface area contributed by atoms with Gasteiger partial charge in [0.05, 0.1) is 13.1 Å². The summed E-state index contributed by atoms with van der Waals surface area (Å²) in [6.07, 6.45) is 40.0. The van der Waals surface area contributed by atoms with Crippen molar-refractivity contribution in [2.24, 2.45) is 0 Å². The van der Waals surface area contributed by atoms with E-state index >= 15 is 0 Å². The van der Waals surface area contributed by atoms with E-state index in [9.17, 15) is 0 Å². The second-order valence-electron chi connectivity index (χ2n) is 11.3. The van der Waals surface area contributed by atoms with E-state index in [0.29, 0.717) is 0 Å². The van der Waals surface area contributed by atoms with Crippen LogP contribution in [0.3, 0.4) is 0 Å². The zero-order valence-electron chi connectivity index (χ0n) is 24.6. The number of rotatable bonds is 27. The third-order valence-electron chi connectivity index (χ3n) is 7.85. The van der Waals surface area contributed by atoms with E-state index < -0.39 is 0 Å². The third kappa shape index (κ3) is 18.2. The van der Waals surface area contributed by atoms with Gasteiger partial charge in [0.1, 0.15) is 12.4 Å². The maximum Gasteiger partial charge on any atom is 0.256 e. The molecular formula is C33H65N2+. The molecule has 1 heterocycles. The first kappa shape index (κ1) is 32.2. The van der Waals surface area contributed by atoms with E-state index in [4.69, 9.17) is 0 Å². The van der Waals surface area contributed by atoms with Gasteiger partial charge in [0.15, 0.2) is 0 Å². The lowest BCUT2D eigenvalue weighted by atomic mass is 10.1. The lowest BCUT2D eigenvalue weighted by molar-refractivity contribution is -0.704. The fourth-order valence-corrected chi connectivity index (χ4v) is 5.44. The molecule has 35 heavy (non-hydrogen) atoms. The summed E-state index contributed by atoms with van der Waals surface area (Å²) in [4.78, 5) is 0. The van der Waals surface area contributed by atoms with Crippen LogP contribution < -0.4 is 4.57 Å². The molecule has 0 saturated heterocycles. The normalized spacial score (nSPS) is 11.5. The van der Waals surface area contributed by atoms with Crippen molar-refractivity contribution >= 4 is 0 Å².